The van der Waals surface area contributed by atoms with Crippen molar-refractivity contribution < 1.29 is 4.79 Å². The molecule has 19 heavy (non-hydrogen) atoms. The van der Waals surface area contributed by atoms with Gasteiger partial charge in [-0.1, -0.05) is 35.9 Å². The molecule has 0 saturated heterocycles. The van der Waals surface area contributed by atoms with Gasteiger partial charge in [0.25, 0.3) is 5.91 Å². The summed E-state index contributed by atoms with van der Waals surface area (Å²) >= 11 is 7.73. The topological polar surface area (TPSA) is 29.1 Å². The molecule has 94 valence electrons. The van der Waals surface area contributed by atoms with Crippen LogP contribution in [0.25, 0.3) is 11.8 Å². The number of thiophene rings is 1. The normalized spacial score (nSPS) is 16.6. The van der Waals surface area contributed by atoms with Crippen LogP contribution in [0.15, 0.2) is 53.4 Å². The van der Waals surface area contributed by atoms with Crippen molar-refractivity contribution >= 4 is 40.6 Å². The van der Waals surface area contributed by atoms with Crippen LogP contribution in [0.4, 0.5) is 0 Å². The van der Waals surface area contributed by atoms with Crippen LogP contribution in [0.3, 0.4) is 0 Å². The van der Waals surface area contributed by atoms with Crippen LogP contribution in [0.2, 0.25) is 5.02 Å². The zero-order chi connectivity index (χ0) is 13.2. The van der Waals surface area contributed by atoms with E-state index < -0.39 is 0 Å². The summed E-state index contributed by atoms with van der Waals surface area (Å²) in [5.41, 5.74) is 2.24. The lowest BCUT2D eigenvalue weighted by Gasteiger charge is -2.04. The Morgan fingerprint density at radius 2 is 2.00 bits per heavy atom. The van der Waals surface area contributed by atoms with Crippen LogP contribution in [0.1, 0.15) is 10.4 Å². The molecule has 1 aliphatic heterocycles. The van der Waals surface area contributed by atoms with E-state index >= 15 is 0 Å². The SMILES string of the molecule is O=C1NC(c2ccccc2Cl)=CC1=Cc1cccs1. The number of benzene rings is 1. The molecule has 1 aliphatic rings. The van der Waals surface area contributed by atoms with Gasteiger partial charge in [0.15, 0.2) is 0 Å². The second kappa shape index (κ2) is 5.03. The molecule has 0 spiro atoms. The van der Waals surface area contributed by atoms with E-state index in [1.54, 1.807) is 11.3 Å². The molecular formula is C15H10ClNOS. The molecule has 2 heterocycles. The minimum absolute atomic E-state index is 0.0941. The van der Waals surface area contributed by atoms with Crippen molar-refractivity contribution in [1.82, 2.24) is 5.32 Å². The van der Waals surface area contributed by atoms with E-state index in [2.05, 4.69) is 5.32 Å². The van der Waals surface area contributed by atoms with Gasteiger partial charge in [-0.05, 0) is 29.7 Å². The molecule has 1 amide bonds. The number of hydrogen-bond acceptors (Lipinski definition) is 2. The Bertz CT molecular complexity index is 686. The number of hydrogen-bond donors (Lipinski definition) is 1. The largest absolute Gasteiger partial charge is 0.321 e. The molecule has 1 aromatic heterocycles. The summed E-state index contributed by atoms with van der Waals surface area (Å²) in [6, 6.07) is 11.4. The zero-order valence-corrected chi connectivity index (χ0v) is 11.5. The second-order valence-corrected chi connectivity index (χ2v) is 5.49. The fourth-order valence-electron chi connectivity index (χ4n) is 1.91. The highest BCUT2D eigenvalue weighted by atomic mass is 35.5. The highest BCUT2D eigenvalue weighted by molar-refractivity contribution is 7.10. The molecule has 0 radical (unpaired) electrons. The molecule has 1 N–H and O–H groups in total. The number of amides is 1. The maximum Gasteiger partial charge on any atom is 0.255 e. The fraction of sp³-hybridized carbons (Fsp3) is 0. The van der Waals surface area contributed by atoms with E-state index in [0.29, 0.717) is 10.6 Å². The number of halogens is 1. The van der Waals surface area contributed by atoms with Gasteiger partial charge in [0.2, 0.25) is 0 Å². The quantitative estimate of drug-likeness (QED) is 0.833. The third kappa shape index (κ3) is 2.48. The van der Waals surface area contributed by atoms with E-state index in [1.807, 2.05) is 53.9 Å². The second-order valence-electron chi connectivity index (χ2n) is 4.11. The Kier molecular flexibility index (Phi) is 3.23. The maximum absolute atomic E-state index is 11.9. The van der Waals surface area contributed by atoms with Gasteiger partial charge in [0.05, 0.1) is 5.70 Å². The van der Waals surface area contributed by atoms with Crippen LogP contribution in [0, 0.1) is 0 Å². The van der Waals surface area contributed by atoms with Gasteiger partial charge in [0.1, 0.15) is 0 Å². The van der Waals surface area contributed by atoms with Gasteiger partial charge < -0.3 is 5.32 Å². The van der Waals surface area contributed by atoms with E-state index in [9.17, 15) is 4.79 Å². The van der Waals surface area contributed by atoms with Crippen molar-refractivity contribution in [1.29, 1.82) is 0 Å². The van der Waals surface area contributed by atoms with Crippen molar-refractivity contribution in [3.05, 3.63) is 68.9 Å². The molecular weight excluding hydrogens is 278 g/mol. The predicted octanol–water partition coefficient (Wildman–Crippen LogP) is 3.96. The van der Waals surface area contributed by atoms with Crippen molar-refractivity contribution in [2.75, 3.05) is 0 Å². The summed E-state index contributed by atoms with van der Waals surface area (Å²) in [5.74, 6) is -0.0941. The van der Waals surface area contributed by atoms with Gasteiger partial charge >= 0.3 is 0 Å². The fourth-order valence-corrected chi connectivity index (χ4v) is 2.81. The highest BCUT2D eigenvalue weighted by Crippen LogP contribution is 2.27. The van der Waals surface area contributed by atoms with Crippen molar-refractivity contribution in [2.45, 2.75) is 0 Å². The molecule has 1 aromatic carbocycles. The third-order valence-electron chi connectivity index (χ3n) is 2.82. The zero-order valence-electron chi connectivity index (χ0n) is 9.89. The summed E-state index contributed by atoms with van der Waals surface area (Å²) in [6.45, 7) is 0. The first-order valence-electron chi connectivity index (χ1n) is 5.77. The number of carbonyl (C=O) groups excluding carboxylic acids is 1. The molecule has 2 aromatic rings. The van der Waals surface area contributed by atoms with Crippen molar-refractivity contribution in [3.8, 4) is 0 Å². The lowest BCUT2D eigenvalue weighted by atomic mass is 10.1. The van der Waals surface area contributed by atoms with Gasteiger partial charge in [-0.15, -0.1) is 11.3 Å². The van der Waals surface area contributed by atoms with Gasteiger partial charge in [-0.3, -0.25) is 4.79 Å². The lowest BCUT2D eigenvalue weighted by Crippen LogP contribution is -2.15. The first-order chi connectivity index (χ1) is 9.24. The van der Waals surface area contributed by atoms with Crippen LogP contribution < -0.4 is 5.32 Å². The summed E-state index contributed by atoms with van der Waals surface area (Å²) < 4.78 is 0. The van der Waals surface area contributed by atoms with Crippen LogP contribution >= 0.6 is 22.9 Å². The molecule has 0 fully saturated rings. The summed E-state index contributed by atoms with van der Waals surface area (Å²) in [6.07, 6.45) is 3.72. The van der Waals surface area contributed by atoms with E-state index in [1.165, 1.54) is 0 Å². The summed E-state index contributed by atoms with van der Waals surface area (Å²) in [5, 5.41) is 5.46. The number of nitrogens with one attached hydrogen (secondary N) is 1. The Labute approximate surface area is 120 Å². The van der Waals surface area contributed by atoms with Crippen LogP contribution in [-0.4, -0.2) is 5.91 Å². The highest BCUT2D eigenvalue weighted by Gasteiger charge is 2.20. The van der Waals surface area contributed by atoms with Crippen LogP contribution in [-0.2, 0) is 4.79 Å². The minimum atomic E-state index is -0.0941. The monoisotopic (exact) mass is 287 g/mol. The molecule has 3 rings (SSSR count). The van der Waals surface area contributed by atoms with E-state index in [0.717, 1.165) is 16.1 Å². The number of rotatable bonds is 2. The molecule has 0 bridgehead atoms. The standard InChI is InChI=1S/C15H10ClNOS/c16-13-6-2-1-5-12(13)14-9-10(15(18)17-14)8-11-4-3-7-19-11/h1-9H,(H,17,18). The van der Waals surface area contributed by atoms with Gasteiger partial charge in [-0.2, -0.15) is 0 Å². The summed E-state index contributed by atoms with van der Waals surface area (Å²) in [4.78, 5) is 13.0. The Hall–Kier alpha value is -1.84. The smallest absolute Gasteiger partial charge is 0.255 e. The first-order valence-corrected chi connectivity index (χ1v) is 7.03. The molecule has 0 aliphatic carbocycles. The Balaban J connectivity index is 1.98. The molecule has 2 nitrogen and oxygen atoms in total. The van der Waals surface area contributed by atoms with E-state index in [4.69, 9.17) is 11.6 Å². The van der Waals surface area contributed by atoms with Crippen molar-refractivity contribution in [3.63, 3.8) is 0 Å². The lowest BCUT2D eigenvalue weighted by molar-refractivity contribution is -0.115. The Morgan fingerprint density at radius 3 is 2.74 bits per heavy atom. The van der Waals surface area contributed by atoms with Gasteiger partial charge in [-0.25, -0.2) is 0 Å². The molecule has 0 saturated carbocycles. The average molecular weight is 288 g/mol. The average Bonchev–Trinajstić information content (AvgIpc) is 3.02. The molecule has 4 heteroatoms. The summed E-state index contributed by atoms with van der Waals surface area (Å²) in [7, 11) is 0. The molecule has 0 unspecified atom stereocenters. The maximum atomic E-state index is 11.9. The van der Waals surface area contributed by atoms with Gasteiger partial charge in [0, 0.05) is 21.0 Å². The minimum Gasteiger partial charge on any atom is -0.321 e. The first kappa shape index (κ1) is 12.2. The van der Waals surface area contributed by atoms with Crippen LogP contribution in [0.5, 0.6) is 0 Å². The third-order valence-corrected chi connectivity index (χ3v) is 3.96. The Morgan fingerprint density at radius 1 is 1.16 bits per heavy atom. The number of carbonyl (C=O) groups is 1. The van der Waals surface area contributed by atoms with E-state index in [-0.39, 0.29) is 5.91 Å². The molecule has 0 atom stereocenters. The van der Waals surface area contributed by atoms with Crippen molar-refractivity contribution in [2.24, 2.45) is 0 Å². The predicted molar refractivity (Wildman–Crippen MR) is 79.9 cm³/mol.